The van der Waals surface area contributed by atoms with Crippen molar-refractivity contribution in [2.75, 3.05) is 0 Å². The summed E-state index contributed by atoms with van der Waals surface area (Å²) in [7, 11) is 0. The average molecular weight is 164 g/mol. The smallest absolute Gasteiger partial charge is 0.0857 e. The van der Waals surface area contributed by atoms with Gasteiger partial charge >= 0.3 is 0 Å². The van der Waals surface area contributed by atoms with E-state index in [9.17, 15) is 0 Å². The summed E-state index contributed by atoms with van der Waals surface area (Å²) in [5.74, 6) is 0. The third-order valence-electron chi connectivity index (χ3n) is 2.84. The zero-order valence-corrected chi connectivity index (χ0v) is 8.60. The lowest BCUT2D eigenvalue weighted by molar-refractivity contribution is 0.861. The van der Waals surface area contributed by atoms with E-state index in [2.05, 4.69) is 19.9 Å². The summed E-state index contributed by atoms with van der Waals surface area (Å²) >= 11 is 0. The van der Waals surface area contributed by atoms with Crippen LogP contribution in [0.3, 0.4) is 0 Å². The van der Waals surface area contributed by atoms with E-state index in [0.717, 1.165) is 6.71 Å². The van der Waals surface area contributed by atoms with Crippen LogP contribution in [-0.2, 0) is 0 Å². The first-order valence-electron chi connectivity index (χ1n) is 5.54. The normalized spacial score (nSPS) is 15.3. The minimum absolute atomic E-state index is 0.992. The molecular weight excluding hydrogens is 143 g/mol. The average Bonchev–Trinajstić information content (AvgIpc) is 1.97. The van der Waals surface area contributed by atoms with Gasteiger partial charge in [-0.1, -0.05) is 57.3 Å². The van der Waals surface area contributed by atoms with Gasteiger partial charge in [-0.25, -0.2) is 0 Å². The Balaban J connectivity index is 2.21. The molecule has 68 valence electrons. The Morgan fingerprint density at radius 1 is 1.25 bits per heavy atom. The highest BCUT2D eigenvalue weighted by Crippen LogP contribution is 2.26. The minimum Gasteiger partial charge on any atom is -0.0857 e. The van der Waals surface area contributed by atoms with E-state index < -0.39 is 0 Å². The van der Waals surface area contributed by atoms with E-state index in [1.54, 1.807) is 5.57 Å². The molecule has 1 aliphatic carbocycles. The molecule has 0 fully saturated rings. The van der Waals surface area contributed by atoms with Crippen molar-refractivity contribution in [3.8, 4) is 0 Å². The van der Waals surface area contributed by atoms with E-state index in [1.165, 1.54) is 44.6 Å². The van der Waals surface area contributed by atoms with Gasteiger partial charge in [0.1, 0.15) is 6.71 Å². The van der Waals surface area contributed by atoms with Gasteiger partial charge in [0.25, 0.3) is 0 Å². The highest BCUT2D eigenvalue weighted by Gasteiger charge is 2.15. The lowest BCUT2D eigenvalue weighted by Crippen LogP contribution is -2.13. The van der Waals surface area contributed by atoms with Crippen LogP contribution in [0.1, 0.15) is 39.5 Å². The van der Waals surface area contributed by atoms with Gasteiger partial charge in [0.15, 0.2) is 0 Å². The van der Waals surface area contributed by atoms with Crippen molar-refractivity contribution in [3.05, 3.63) is 11.6 Å². The van der Waals surface area contributed by atoms with E-state index >= 15 is 0 Å². The van der Waals surface area contributed by atoms with E-state index in [4.69, 9.17) is 0 Å². The van der Waals surface area contributed by atoms with Crippen molar-refractivity contribution in [1.82, 2.24) is 0 Å². The van der Waals surface area contributed by atoms with Crippen LogP contribution in [0.4, 0.5) is 0 Å². The molecule has 0 aliphatic heterocycles. The highest BCUT2D eigenvalue weighted by molar-refractivity contribution is 6.59. The highest BCUT2D eigenvalue weighted by atomic mass is 14.1. The molecule has 0 aromatic rings. The second-order valence-electron chi connectivity index (χ2n) is 4.05. The molecule has 1 rings (SSSR count). The lowest BCUT2D eigenvalue weighted by atomic mass is 9.40. The Morgan fingerprint density at radius 3 is 2.17 bits per heavy atom. The van der Waals surface area contributed by atoms with Gasteiger partial charge in [0, 0.05) is 0 Å². The second kappa shape index (κ2) is 5.45. The standard InChI is InChI=1S/C11H21B/c1-3-8-12(9-4-2)10-11-6-5-7-11/h6H,3-5,7-10H2,1-2H3. The first-order valence-corrected chi connectivity index (χ1v) is 5.54. The summed E-state index contributed by atoms with van der Waals surface area (Å²) in [5.41, 5.74) is 1.74. The van der Waals surface area contributed by atoms with Crippen LogP contribution in [0.5, 0.6) is 0 Å². The molecular formula is C11H21B. The largest absolute Gasteiger partial charge is 0.144 e. The predicted molar refractivity (Wildman–Crippen MR) is 58.1 cm³/mol. The molecule has 0 nitrogen and oxygen atoms in total. The fraction of sp³-hybridized carbons (Fsp3) is 0.818. The van der Waals surface area contributed by atoms with Gasteiger partial charge in [-0.05, 0) is 12.8 Å². The van der Waals surface area contributed by atoms with E-state index in [-0.39, 0.29) is 0 Å². The van der Waals surface area contributed by atoms with Crippen LogP contribution in [0.15, 0.2) is 11.6 Å². The third-order valence-corrected chi connectivity index (χ3v) is 2.84. The number of hydrogen-bond acceptors (Lipinski definition) is 0. The Kier molecular flexibility index (Phi) is 4.49. The van der Waals surface area contributed by atoms with E-state index in [1.807, 2.05) is 0 Å². The summed E-state index contributed by atoms with van der Waals surface area (Å²) in [6, 6.07) is 0. The van der Waals surface area contributed by atoms with Crippen molar-refractivity contribution < 1.29 is 0 Å². The van der Waals surface area contributed by atoms with Gasteiger partial charge in [0.2, 0.25) is 0 Å². The fourth-order valence-electron chi connectivity index (χ4n) is 2.07. The lowest BCUT2D eigenvalue weighted by Gasteiger charge is -2.19. The Hall–Kier alpha value is -0.195. The molecule has 12 heavy (non-hydrogen) atoms. The predicted octanol–water partition coefficient (Wildman–Crippen LogP) is 4.02. The molecule has 0 saturated heterocycles. The molecule has 0 heterocycles. The van der Waals surface area contributed by atoms with Crippen molar-refractivity contribution in [3.63, 3.8) is 0 Å². The molecule has 0 bridgehead atoms. The SMILES string of the molecule is CCCB(CCC)CC1=CCC1. The number of rotatable bonds is 6. The third kappa shape index (κ3) is 3.04. The van der Waals surface area contributed by atoms with Crippen LogP contribution in [0, 0.1) is 0 Å². The van der Waals surface area contributed by atoms with Crippen LogP contribution in [-0.4, -0.2) is 6.71 Å². The minimum atomic E-state index is 0.992. The zero-order chi connectivity index (χ0) is 8.81. The monoisotopic (exact) mass is 164 g/mol. The number of hydrogen-bond donors (Lipinski definition) is 0. The molecule has 0 unspecified atom stereocenters. The molecule has 1 heteroatoms. The molecule has 0 amide bonds. The Bertz CT molecular complexity index is 143. The van der Waals surface area contributed by atoms with Gasteiger partial charge in [-0.15, -0.1) is 0 Å². The maximum absolute atomic E-state index is 2.43. The van der Waals surface area contributed by atoms with Crippen LogP contribution in [0.2, 0.25) is 19.0 Å². The van der Waals surface area contributed by atoms with Gasteiger partial charge < -0.3 is 0 Å². The summed E-state index contributed by atoms with van der Waals surface area (Å²) in [6.07, 6.45) is 12.2. The topological polar surface area (TPSA) is 0 Å². The first-order chi connectivity index (χ1) is 5.86. The molecule has 0 aromatic heterocycles. The van der Waals surface area contributed by atoms with Crippen molar-refractivity contribution in [2.24, 2.45) is 0 Å². The van der Waals surface area contributed by atoms with E-state index in [0.29, 0.717) is 0 Å². The molecule has 0 radical (unpaired) electrons. The Morgan fingerprint density at radius 2 is 1.83 bits per heavy atom. The van der Waals surface area contributed by atoms with Gasteiger partial charge in [-0.2, -0.15) is 0 Å². The summed E-state index contributed by atoms with van der Waals surface area (Å²) in [4.78, 5) is 0. The molecule has 1 aliphatic rings. The molecule has 0 spiro atoms. The molecule has 0 N–H and O–H groups in total. The summed E-state index contributed by atoms with van der Waals surface area (Å²) in [5, 5.41) is 0. The summed E-state index contributed by atoms with van der Waals surface area (Å²) < 4.78 is 0. The van der Waals surface area contributed by atoms with Gasteiger partial charge in [-0.3, -0.25) is 0 Å². The maximum atomic E-state index is 2.43. The van der Waals surface area contributed by atoms with Gasteiger partial charge in [0.05, 0.1) is 0 Å². The van der Waals surface area contributed by atoms with Crippen molar-refractivity contribution in [2.45, 2.75) is 58.5 Å². The fourth-order valence-corrected chi connectivity index (χ4v) is 2.07. The van der Waals surface area contributed by atoms with Crippen LogP contribution in [0.25, 0.3) is 0 Å². The zero-order valence-electron chi connectivity index (χ0n) is 8.60. The quantitative estimate of drug-likeness (QED) is 0.410. The summed E-state index contributed by atoms with van der Waals surface area (Å²) in [6.45, 7) is 5.60. The van der Waals surface area contributed by atoms with Crippen LogP contribution >= 0.6 is 0 Å². The number of allylic oxidation sites excluding steroid dienone is 2. The second-order valence-corrected chi connectivity index (χ2v) is 4.05. The molecule has 0 atom stereocenters. The van der Waals surface area contributed by atoms with Crippen molar-refractivity contribution >= 4 is 6.71 Å². The Labute approximate surface area is 77.5 Å². The molecule has 0 saturated carbocycles. The first kappa shape index (κ1) is 9.89. The van der Waals surface area contributed by atoms with Crippen molar-refractivity contribution in [1.29, 1.82) is 0 Å². The maximum Gasteiger partial charge on any atom is 0.144 e. The van der Waals surface area contributed by atoms with Crippen LogP contribution < -0.4 is 0 Å². The molecule has 0 aromatic carbocycles.